The number of hydrogen-bond donors (Lipinski definition) is 0. The number of carbonyl (C=O) groups is 1. The van der Waals surface area contributed by atoms with E-state index in [2.05, 4.69) is 10.1 Å². The van der Waals surface area contributed by atoms with Gasteiger partial charge in [-0.15, -0.1) is 0 Å². The molecule has 1 aliphatic rings. The van der Waals surface area contributed by atoms with Gasteiger partial charge in [-0.3, -0.25) is 4.90 Å². The Kier molecular flexibility index (Phi) is 5.33. The molecule has 0 radical (unpaired) electrons. The monoisotopic (exact) mass is 402 g/mol. The van der Waals surface area contributed by atoms with E-state index >= 15 is 0 Å². The average molecular weight is 403 g/mol. The first-order valence-electron chi connectivity index (χ1n) is 9.19. The van der Waals surface area contributed by atoms with Crippen molar-refractivity contribution in [1.82, 2.24) is 10.1 Å². The SMILES string of the molecule is COC(=O)C(c1ccccc1Cl)N1CCC(c2noc3cc(F)ccc23)CC1. The smallest absolute Gasteiger partial charge is 0.327 e. The Labute approximate surface area is 167 Å². The Balaban J connectivity index is 1.54. The number of carbonyl (C=O) groups excluding carboxylic acids is 1. The van der Waals surface area contributed by atoms with Crippen LogP contribution in [0, 0.1) is 5.82 Å². The number of benzene rings is 2. The lowest BCUT2D eigenvalue weighted by atomic mass is 9.90. The molecule has 7 heteroatoms. The molecular weight excluding hydrogens is 383 g/mol. The highest BCUT2D eigenvalue weighted by Crippen LogP contribution is 2.37. The summed E-state index contributed by atoms with van der Waals surface area (Å²) in [5.74, 6) is -0.480. The number of esters is 1. The van der Waals surface area contributed by atoms with E-state index in [-0.39, 0.29) is 17.7 Å². The van der Waals surface area contributed by atoms with Crippen molar-refractivity contribution in [2.45, 2.75) is 24.8 Å². The van der Waals surface area contributed by atoms with Gasteiger partial charge in [0.1, 0.15) is 11.9 Å². The number of methoxy groups -OCH3 is 1. The van der Waals surface area contributed by atoms with E-state index in [1.165, 1.54) is 19.2 Å². The van der Waals surface area contributed by atoms with Gasteiger partial charge in [-0.25, -0.2) is 9.18 Å². The second-order valence-electron chi connectivity index (χ2n) is 6.97. The zero-order valence-electron chi connectivity index (χ0n) is 15.4. The van der Waals surface area contributed by atoms with Crippen molar-refractivity contribution < 1.29 is 18.4 Å². The Morgan fingerprint density at radius 3 is 2.75 bits per heavy atom. The van der Waals surface area contributed by atoms with Gasteiger partial charge in [-0.1, -0.05) is 35.0 Å². The molecule has 4 rings (SSSR count). The van der Waals surface area contributed by atoms with Crippen LogP contribution in [0.3, 0.4) is 0 Å². The van der Waals surface area contributed by atoms with E-state index in [0.717, 1.165) is 29.5 Å². The number of rotatable bonds is 4. The van der Waals surface area contributed by atoms with Gasteiger partial charge in [-0.2, -0.15) is 0 Å². The maximum Gasteiger partial charge on any atom is 0.327 e. The highest BCUT2D eigenvalue weighted by Gasteiger charge is 2.34. The first kappa shape index (κ1) is 18.9. The fourth-order valence-electron chi connectivity index (χ4n) is 3.94. The molecule has 0 aliphatic carbocycles. The maximum atomic E-state index is 13.4. The number of ether oxygens (including phenoxy) is 1. The normalized spacial score (nSPS) is 17.0. The van der Waals surface area contributed by atoms with Gasteiger partial charge < -0.3 is 9.26 Å². The van der Waals surface area contributed by atoms with Crippen molar-refractivity contribution in [2.75, 3.05) is 20.2 Å². The molecule has 1 unspecified atom stereocenters. The summed E-state index contributed by atoms with van der Waals surface area (Å²) >= 11 is 6.34. The van der Waals surface area contributed by atoms with Gasteiger partial charge in [-0.05, 0) is 49.7 Å². The number of halogens is 2. The minimum Gasteiger partial charge on any atom is -0.468 e. The molecule has 5 nitrogen and oxygen atoms in total. The maximum absolute atomic E-state index is 13.4. The fraction of sp³-hybridized carbons (Fsp3) is 0.333. The van der Waals surface area contributed by atoms with Crippen molar-refractivity contribution in [2.24, 2.45) is 0 Å². The molecule has 1 fully saturated rings. The first-order chi connectivity index (χ1) is 13.6. The minimum atomic E-state index is -0.539. The van der Waals surface area contributed by atoms with Crippen LogP contribution in [0.25, 0.3) is 11.0 Å². The third-order valence-electron chi connectivity index (χ3n) is 5.37. The summed E-state index contributed by atoms with van der Waals surface area (Å²) in [6, 6.07) is 11.3. The Hall–Kier alpha value is -2.44. The summed E-state index contributed by atoms with van der Waals surface area (Å²) in [6.07, 6.45) is 1.61. The minimum absolute atomic E-state index is 0.188. The molecule has 0 N–H and O–H groups in total. The third kappa shape index (κ3) is 3.50. The lowest BCUT2D eigenvalue weighted by Crippen LogP contribution is -2.40. The number of nitrogens with zero attached hydrogens (tertiary/aromatic N) is 2. The molecule has 146 valence electrons. The lowest BCUT2D eigenvalue weighted by Gasteiger charge is -2.36. The number of aromatic nitrogens is 1. The van der Waals surface area contributed by atoms with Gasteiger partial charge in [0.25, 0.3) is 0 Å². The summed E-state index contributed by atoms with van der Waals surface area (Å²) < 4.78 is 23.7. The van der Waals surface area contributed by atoms with Crippen molar-refractivity contribution in [3.05, 3.63) is 64.6 Å². The Morgan fingerprint density at radius 1 is 1.29 bits per heavy atom. The predicted molar refractivity (Wildman–Crippen MR) is 104 cm³/mol. The van der Waals surface area contributed by atoms with E-state index in [4.69, 9.17) is 20.9 Å². The van der Waals surface area contributed by atoms with Crippen LogP contribution in [0.4, 0.5) is 4.39 Å². The van der Waals surface area contributed by atoms with Gasteiger partial charge in [0.15, 0.2) is 5.58 Å². The van der Waals surface area contributed by atoms with Crippen molar-refractivity contribution in [3.8, 4) is 0 Å². The van der Waals surface area contributed by atoms with Crippen LogP contribution in [-0.4, -0.2) is 36.2 Å². The van der Waals surface area contributed by atoms with Gasteiger partial charge in [0.2, 0.25) is 0 Å². The molecule has 2 aromatic carbocycles. The van der Waals surface area contributed by atoms with Crippen LogP contribution in [0.1, 0.15) is 36.1 Å². The van der Waals surface area contributed by atoms with Crippen LogP contribution in [0.5, 0.6) is 0 Å². The molecule has 0 bridgehead atoms. The van der Waals surface area contributed by atoms with Gasteiger partial charge in [0.05, 0.1) is 12.8 Å². The quantitative estimate of drug-likeness (QED) is 0.591. The number of fused-ring (bicyclic) bond motifs is 1. The van der Waals surface area contributed by atoms with Crippen molar-refractivity contribution >= 4 is 28.5 Å². The van der Waals surface area contributed by atoms with Crippen LogP contribution >= 0.6 is 11.6 Å². The van der Waals surface area contributed by atoms with E-state index in [1.807, 2.05) is 18.2 Å². The van der Waals surface area contributed by atoms with Crippen LogP contribution in [-0.2, 0) is 9.53 Å². The van der Waals surface area contributed by atoms with Crippen molar-refractivity contribution in [1.29, 1.82) is 0 Å². The highest BCUT2D eigenvalue weighted by molar-refractivity contribution is 6.31. The van der Waals surface area contributed by atoms with Crippen LogP contribution in [0.2, 0.25) is 5.02 Å². The van der Waals surface area contributed by atoms with Crippen molar-refractivity contribution in [3.63, 3.8) is 0 Å². The molecule has 2 heterocycles. The molecule has 1 saturated heterocycles. The number of piperidine rings is 1. The molecule has 0 spiro atoms. The standard InChI is InChI=1S/C21H20ClFN2O3/c1-27-21(26)20(15-4-2-3-5-17(15)22)25-10-8-13(9-11-25)19-16-7-6-14(23)12-18(16)28-24-19/h2-7,12-13,20H,8-11H2,1H3. The molecule has 1 atom stereocenters. The molecule has 0 amide bonds. The van der Waals surface area contributed by atoms with Gasteiger partial charge in [0, 0.05) is 22.4 Å². The number of hydrogen-bond acceptors (Lipinski definition) is 5. The van der Waals surface area contributed by atoms with E-state index in [9.17, 15) is 9.18 Å². The largest absolute Gasteiger partial charge is 0.468 e. The fourth-order valence-corrected chi connectivity index (χ4v) is 4.18. The molecule has 1 aromatic heterocycles. The summed E-state index contributed by atoms with van der Waals surface area (Å²) in [5, 5.41) is 5.57. The predicted octanol–water partition coefficient (Wildman–Crippen LogP) is 4.71. The average Bonchev–Trinajstić information content (AvgIpc) is 3.13. The van der Waals surface area contributed by atoms with E-state index in [0.29, 0.717) is 23.7 Å². The Morgan fingerprint density at radius 2 is 2.04 bits per heavy atom. The zero-order valence-corrected chi connectivity index (χ0v) is 16.2. The van der Waals surface area contributed by atoms with Crippen LogP contribution < -0.4 is 0 Å². The summed E-state index contributed by atoms with van der Waals surface area (Å²) in [6.45, 7) is 1.37. The first-order valence-corrected chi connectivity index (χ1v) is 9.57. The third-order valence-corrected chi connectivity index (χ3v) is 5.71. The Bertz CT molecular complexity index is 998. The summed E-state index contributed by atoms with van der Waals surface area (Å²) in [4.78, 5) is 14.6. The second-order valence-corrected chi connectivity index (χ2v) is 7.37. The van der Waals surface area contributed by atoms with Crippen LogP contribution in [0.15, 0.2) is 47.0 Å². The topological polar surface area (TPSA) is 55.6 Å². The second kappa shape index (κ2) is 7.89. The molecule has 1 aliphatic heterocycles. The highest BCUT2D eigenvalue weighted by atomic mass is 35.5. The van der Waals surface area contributed by atoms with E-state index < -0.39 is 6.04 Å². The number of likely N-dealkylation sites (tertiary alicyclic amines) is 1. The molecule has 3 aromatic rings. The lowest BCUT2D eigenvalue weighted by molar-refractivity contribution is -0.147. The van der Waals surface area contributed by atoms with Gasteiger partial charge >= 0.3 is 5.97 Å². The zero-order chi connectivity index (χ0) is 19.7. The van der Waals surface area contributed by atoms with E-state index in [1.54, 1.807) is 12.1 Å². The summed E-state index contributed by atoms with van der Waals surface area (Å²) in [7, 11) is 1.39. The summed E-state index contributed by atoms with van der Waals surface area (Å²) in [5.41, 5.74) is 2.06. The molecular formula is C21H20ClFN2O3. The molecule has 28 heavy (non-hydrogen) atoms. The molecule has 0 saturated carbocycles.